The van der Waals surface area contributed by atoms with Crippen molar-refractivity contribution in [1.29, 1.82) is 5.41 Å². The van der Waals surface area contributed by atoms with Crippen LogP contribution in [0.25, 0.3) is 0 Å². The van der Waals surface area contributed by atoms with Crippen LogP contribution < -0.4 is 5.90 Å². The zero-order chi connectivity index (χ0) is 9.68. The maximum Gasteiger partial charge on any atom is 0.212 e. The van der Waals surface area contributed by atoms with E-state index in [0.29, 0.717) is 6.61 Å². The van der Waals surface area contributed by atoms with Gasteiger partial charge in [-0.1, -0.05) is 12.1 Å². The number of ether oxygens (including phenoxy) is 1. The topological polar surface area (TPSA) is 68.3 Å². The number of methoxy groups -OCH3 is 1. The molecule has 1 aromatic carbocycles. The Morgan fingerprint density at radius 3 is 2.46 bits per heavy atom. The fraction of sp³-hybridized carbons (Fsp3) is 0.222. The molecule has 0 heterocycles. The lowest BCUT2D eigenvalue weighted by atomic mass is 10.1. The van der Waals surface area contributed by atoms with Gasteiger partial charge in [-0.15, -0.1) is 0 Å². The fourth-order valence-electron chi connectivity index (χ4n) is 0.966. The predicted octanol–water partition coefficient (Wildman–Crippen LogP) is 1.05. The molecular weight excluding hydrogens is 168 g/mol. The largest absolute Gasteiger partial charge is 0.481 e. The molecule has 3 N–H and O–H groups in total. The monoisotopic (exact) mass is 180 g/mol. The predicted molar refractivity (Wildman–Crippen MR) is 49.3 cm³/mol. The minimum atomic E-state index is 0.153. The number of hydrogen-bond acceptors (Lipinski definition) is 4. The van der Waals surface area contributed by atoms with Crippen molar-refractivity contribution in [2.24, 2.45) is 5.90 Å². The van der Waals surface area contributed by atoms with Gasteiger partial charge < -0.3 is 4.74 Å². The van der Waals surface area contributed by atoms with Gasteiger partial charge in [-0.05, 0) is 17.7 Å². The Labute approximate surface area is 76.7 Å². The molecule has 0 fully saturated rings. The Balaban J connectivity index is 2.75. The van der Waals surface area contributed by atoms with Gasteiger partial charge in [0.25, 0.3) is 0 Å². The minimum absolute atomic E-state index is 0.153. The van der Waals surface area contributed by atoms with Crippen molar-refractivity contribution in [2.75, 3.05) is 7.11 Å². The van der Waals surface area contributed by atoms with E-state index in [2.05, 4.69) is 4.84 Å². The molecule has 4 heteroatoms. The zero-order valence-electron chi connectivity index (χ0n) is 7.41. The number of benzene rings is 1. The molecule has 0 saturated heterocycles. The highest BCUT2D eigenvalue weighted by molar-refractivity contribution is 5.91. The van der Waals surface area contributed by atoms with Crippen molar-refractivity contribution in [1.82, 2.24) is 0 Å². The average molecular weight is 180 g/mol. The molecule has 0 bridgehead atoms. The Morgan fingerprint density at radius 1 is 1.38 bits per heavy atom. The Kier molecular flexibility index (Phi) is 3.42. The van der Waals surface area contributed by atoms with Crippen LogP contribution in [0, 0.1) is 5.41 Å². The number of rotatable bonds is 3. The molecule has 1 aromatic rings. The van der Waals surface area contributed by atoms with E-state index in [0.717, 1.165) is 11.1 Å². The molecule has 4 nitrogen and oxygen atoms in total. The SMILES string of the molecule is COC(=N)c1ccc(CON)cc1. The van der Waals surface area contributed by atoms with Gasteiger partial charge >= 0.3 is 0 Å². The van der Waals surface area contributed by atoms with Crippen LogP contribution in [0.15, 0.2) is 24.3 Å². The maximum absolute atomic E-state index is 7.37. The first kappa shape index (κ1) is 9.70. The van der Waals surface area contributed by atoms with E-state index < -0.39 is 0 Å². The molecule has 13 heavy (non-hydrogen) atoms. The molecule has 0 spiro atoms. The lowest BCUT2D eigenvalue weighted by Gasteiger charge is -2.03. The van der Waals surface area contributed by atoms with Gasteiger partial charge in [-0.3, -0.25) is 10.2 Å². The number of nitrogens with one attached hydrogen (secondary N) is 1. The van der Waals surface area contributed by atoms with E-state index in [1.807, 2.05) is 12.1 Å². The molecule has 0 atom stereocenters. The van der Waals surface area contributed by atoms with Gasteiger partial charge in [0.05, 0.1) is 13.7 Å². The van der Waals surface area contributed by atoms with E-state index in [9.17, 15) is 0 Å². The summed E-state index contributed by atoms with van der Waals surface area (Å²) in [6.45, 7) is 0.376. The van der Waals surface area contributed by atoms with Gasteiger partial charge in [-0.25, -0.2) is 5.90 Å². The summed E-state index contributed by atoms with van der Waals surface area (Å²) in [7, 11) is 1.47. The molecule has 0 aliphatic rings. The molecule has 0 aliphatic heterocycles. The van der Waals surface area contributed by atoms with E-state index in [1.54, 1.807) is 12.1 Å². The van der Waals surface area contributed by atoms with E-state index in [4.69, 9.17) is 16.0 Å². The molecule has 1 rings (SSSR count). The highest BCUT2D eigenvalue weighted by Gasteiger charge is 1.99. The Morgan fingerprint density at radius 2 is 2.00 bits per heavy atom. The summed E-state index contributed by atoms with van der Waals surface area (Å²) in [5.41, 5.74) is 1.71. The molecule has 0 amide bonds. The molecule has 0 aromatic heterocycles. The van der Waals surface area contributed by atoms with E-state index in [1.165, 1.54) is 7.11 Å². The third-order valence-corrected chi connectivity index (χ3v) is 1.67. The quantitative estimate of drug-likeness (QED) is 0.415. The molecule has 0 saturated carbocycles. The van der Waals surface area contributed by atoms with Gasteiger partial charge in [0.1, 0.15) is 0 Å². The van der Waals surface area contributed by atoms with Crippen LogP contribution in [0.4, 0.5) is 0 Å². The lowest BCUT2D eigenvalue weighted by Crippen LogP contribution is -2.02. The summed E-state index contributed by atoms with van der Waals surface area (Å²) in [6, 6.07) is 7.27. The standard InChI is InChI=1S/C9H12N2O2/c1-12-9(10)8-4-2-7(3-5-8)6-13-11/h2-5,10H,6,11H2,1H3. The summed E-state index contributed by atoms with van der Waals surface area (Å²) < 4.78 is 4.76. The van der Waals surface area contributed by atoms with Crippen molar-refractivity contribution in [3.05, 3.63) is 35.4 Å². The van der Waals surface area contributed by atoms with Crippen LogP contribution in [-0.2, 0) is 16.2 Å². The smallest absolute Gasteiger partial charge is 0.212 e. The van der Waals surface area contributed by atoms with Crippen molar-refractivity contribution >= 4 is 5.90 Å². The second-order valence-corrected chi connectivity index (χ2v) is 2.54. The zero-order valence-corrected chi connectivity index (χ0v) is 7.41. The highest BCUT2D eigenvalue weighted by atomic mass is 16.6. The molecule has 70 valence electrons. The van der Waals surface area contributed by atoms with Crippen LogP contribution in [0.2, 0.25) is 0 Å². The third-order valence-electron chi connectivity index (χ3n) is 1.67. The van der Waals surface area contributed by atoms with E-state index >= 15 is 0 Å². The van der Waals surface area contributed by atoms with Gasteiger partial charge in [0.15, 0.2) is 0 Å². The van der Waals surface area contributed by atoms with Crippen molar-refractivity contribution in [2.45, 2.75) is 6.61 Å². The van der Waals surface area contributed by atoms with Gasteiger partial charge in [0, 0.05) is 5.56 Å². The van der Waals surface area contributed by atoms with Crippen molar-refractivity contribution in [3.63, 3.8) is 0 Å². The average Bonchev–Trinajstić information content (AvgIpc) is 2.18. The third kappa shape index (κ3) is 2.54. The van der Waals surface area contributed by atoms with Crippen molar-refractivity contribution in [3.8, 4) is 0 Å². The Hall–Kier alpha value is -1.39. The van der Waals surface area contributed by atoms with Crippen LogP contribution in [0.3, 0.4) is 0 Å². The summed E-state index contributed by atoms with van der Waals surface area (Å²) in [4.78, 5) is 4.47. The van der Waals surface area contributed by atoms with Gasteiger partial charge in [-0.2, -0.15) is 0 Å². The second kappa shape index (κ2) is 4.59. The summed E-state index contributed by atoms with van der Waals surface area (Å²) in [5.74, 6) is 5.07. The van der Waals surface area contributed by atoms with Crippen LogP contribution in [0.5, 0.6) is 0 Å². The lowest BCUT2D eigenvalue weighted by molar-refractivity contribution is 0.124. The highest BCUT2D eigenvalue weighted by Crippen LogP contribution is 2.05. The normalized spacial score (nSPS) is 9.69. The first-order valence-corrected chi connectivity index (χ1v) is 3.81. The summed E-state index contributed by atoms with van der Waals surface area (Å²) >= 11 is 0. The summed E-state index contributed by atoms with van der Waals surface area (Å²) in [6.07, 6.45) is 0. The van der Waals surface area contributed by atoms with Crippen LogP contribution >= 0.6 is 0 Å². The fourth-order valence-corrected chi connectivity index (χ4v) is 0.966. The first-order chi connectivity index (χ1) is 6.27. The van der Waals surface area contributed by atoms with Gasteiger partial charge in [0.2, 0.25) is 5.90 Å². The van der Waals surface area contributed by atoms with E-state index in [-0.39, 0.29) is 5.90 Å². The second-order valence-electron chi connectivity index (χ2n) is 2.54. The molecular formula is C9H12N2O2. The summed E-state index contributed by atoms with van der Waals surface area (Å²) in [5, 5.41) is 7.37. The number of nitrogens with two attached hydrogens (primary N) is 1. The number of hydrogen-bond donors (Lipinski definition) is 2. The molecule has 0 radical (unpaired) electrons. The Bertz CT molecular complexity index is 282. The van der Waals surface area contributed by atoms with Crippen molar-refractivity contribution < 1.29 is 9.57 Å². The van der Waals surface area contributed by atoms with Crippen LogP contribution in [-0.4, -0.2) is 13.0 Å². The minimum Gasteiger partial charge on any atom is -0.481 e. The van der Waals surface area contributed by atoms with Crippen LogP contribution in [0.1, 0.15) is 11.1 Å². The molecule has 0 unspecified atom stereocenters. The molecule has 0 aliphatic carbocycles. The maximum atomic E-state index is 7.37. The first-order valence-electron chi connectivity index (χ1n) is 3.81.